The van der Waals surface area contributed by atoms with Gasteiger partial charge in [0.15, 0.2) is 5.17 Å². The minimum Gasteiger partial charge on any atom is -0.345 e. The number of piperazine rings is 1. The van der Waals surface area contributed by atoms with E-state index in [1.54, 1.807) is 18.3 Å². The summed E-state index contributed by atoms with van der Waals surface area (Å²) in [6.07, 6.45) is -0.130. The number of alkyl halides is 3. The lowest BCUT2D eigenvalue weighted by Gasteiger charge is -2.40. The van der Waals surface area contributed by atoms with Crippen molar-refractivity contribution in [1.29, 1.82) is 0 Å². The Labute approximate surface area is 221 Å². The average molecular weight is 548 g/mol. The number of carbonyl (C=O) groups excluding carboxylic acids is 1. The number of thioether (sulfide) groups is 1. The predicted molar refractivity (Wildman–Crippen MR) is 142 cm³/mol. The lowest BCUT2D eigenvalue weighted by Crippen LogP contribution is -2.52. The van der Waals surface area contributed by atoms with Crippen molar-refractivity contribution in [1.82, 2.24) is 19.6 Å². The molecule has 6 nitrogen and oxygen atoms in total. The Bertz CT molecular complexity index is 1420. The van der Waals surface area contributed by atoms with E-state index in [0.29, 0.717) is 16.5 Å². The minimum absolute atomic E-state index is 0.0309. The molecule has 0 N–H and O–H groups in total. The summed E-state index contributed by atoms with van der Waals surface area (Å²) in [5, 5.41) is 5.85. The van der Waals surface area contributed by atoms with Gasteiger partial charge in [0, 0.05) is 36.1 Å². The molecule has 5 rings (SSSR count). The zero-order valence-corrected chi connectivity index (χ0v) is 21.9. The van der Waals surface area contributed by atoms with E-state index in [9.17, 15) is 18.0 Å². The number of nitrogens with zero attached hydrogens (tertiary/aromatic N) is 5. The predicted octanol–water partition coefficient (Wildman–Crippen LogP) is 5.75. The molecule has 0 unspecified atom stereocenters. The standard InChI is InChI=1S/C26H25ClF3N5OS/c1-3-20-15-33(2)8-9-34(20)25-32-24(36)23(37-25)11-16-4-7-22-18(10-16)13-31-35(22)14-17-5-6-19(27)12-21(17)26(28,29)30/h4-7,10-13,20H,3,8-9,14-15H2,1-2H3/b23-11-/t20-/m0/s1. The van der Waals surface area contributed by atoms with E-state index >= 15 is 0 Å². The van der Waals surface area contributed by atoms with Gasteiger partial charge in [0.1, 0.15) is 0 Å². The van der Waals surface area contributed by atoms with Crippen LogP contribution in [0, 0.1) is 0 Å². The second kappa shape index (κ2) is 10.2. The number of amidine groups is 1. The summed E-state index contributed by atoms with van der Waals surface area (Å²) in [5.74, 6) is -0.257. The fourth-order valence-electron chi connectivity index (χ4n) is 4.72. The van der Waals surface area contributed by atoms with Crippen molar-refractivity contribution in [2.75, 3.05) is 26.7 Å². The SMILES string of the molecule is CC[C@H]1CN(C)CCN1C1=NC(=O)/C(=C/c2ccc3c(cnn3Cc3ccc(Cl)cc3C(F)(F)F)c2)S1. The summed E-state index contributed by atoms with van der Waals surface area (Å²) in [6, 6.07) is 9.58. The second-order valence-corrected chi connectivity index (χ2v) is 10.7. The topological polar surface area (TPSA) is 53.7 Å². The van der Waals surface area contributed by atoms with E-state index < -0.39 is 11.7 Å². The van der Waals surface area contributed by atoms with Crippen LogP contribution in [0.1, 0.15) is 30.0 Å². The van der Waals surface area contributed by atoms with E-state index in [1.165, 1.54) is 28.6 Å². The van der Waals surface area contributed by atoms with Gasteiger partial charge in [0.25, 0.3) is 5.91 Å². The fraction of sp³-hybridized carbons (Fsp3) is 0.346. The van der Waals surface area contributed by atoms with E-state index in [4.69, 9.17) is 11.6 Å². The Kier molecular flexibility index (Phi) is 7.08. The summed E-state index contributed by atoms with van der Waals surface area (Å²) in [4.78, 5) is 22.0. The van der Waals surface area contributed by atoms with Crippen LogP contribution < -0.4 is 0 Å². The zero-order valence-electron chi connectivity index (χ0n) is 20.3. The fourth-order valence-corrected chi connectivity index (χ4v) is 5.90. The average Bonchev–Trinajstić information content (AvgIpc) is 3.42. The number of carbonyl (C=O) groups is 1. The first kappa shape index (κ1) is 25.8. The maximum Gasteiger partial charge on any atom is 0.416 e. The van der Waals surface area contributed by atoms with Crippen molar-refractivity contribution in [3.63, 3.8) is 0 Å². The third-order valence-corrected chi connectivity index (χ3v) is 7.93. The van der Waals surface area contributed by atoms with Crippen LogP contribution in [0.15, 0.2) is 52.5 Å². The molecular formula is C26H25ClF3N5OS. The van der Waals surface area contributed by atoms with Gasteiger partial charge in [-0.15, -0.1) is 0 Å². The summed E-state index contributed by atoms with van der Waals surface area (Å²) in [5.41, 5.74) is 0.797. The molecule has 194 valence electrons. The van der Waals surface area contributed by atoms with Crippen molar-refractivity contribution >= 4 is 51.4 Å². The van der Waals surface area contributed by atoms with Crippen LogP contribution in [0.4, 0.5) is 13.2 Å². The molecule has 0 aliphatic carbocycles. The normalized spacial score (nSPS) is 20.3. The molecule has 37 heavy (non-hydrogen) atoms. The molecule has 2 aliphatic heterocycles. The lowest BCUT2D eigenvalue weighted by atomic mass is 10.1. The van der Waals surface area contributed by atoms with Crippen LogP contribution in [-0.2, 0) is 17.5 Å². The molecule has 0 saturated carbocycles. The highest BCUT2D eigenvalue weighted by Crippen LogP contribution is 2.35. The smallest absolute Gasteiger partial charge is 0.345 e. The molecule has 2 aliphatic rings. The van der Waals surface area contributed by atoms with Gasteiger partial charge < -0.3 is 9.80 Å². The number of likely N-dealkylation sites (N-methyl/N-ethyl adjacent to an activating group) is 1. The van der Waals surface area contributed by atoms with Crippen molar-refractivity contribution in [2.45, 2.75) is 32.1 Å². The summed E-state index contributed by atoms with van der Waals surface area (Å²) >= 11 is 7.19. The number of benzene rings is 2. The largest absolute Gasteiger partial charge is 0.416 e. The maximum atomic E-state index is 13.5. The number of rotatable bonds is 4. The number of aromatic nitrogens is 2. The van der Waals surface area contributed by atoms with Crippen molar-refractivity contribution in [2.24, 2.45) is 4.99 Å². The Morgan fingerprint density at radius 1 is 1.19 bits per heavy atom. The Hall–Kier alpha value is -2.82. The highest BCUT2D eigenvalue weighted by Gasteiger charge is 2.34. The van der Waals surface area contributed by atoms with Gasteiger partial charge in [-0.1, -0.05) is 30.7 Å². The number of hydrogen-bond acceptors (Lipinski definition) is 5. The van der Waals surface area contributed by atoms with Crippen LogP contribution in [0.3, 0.4) is 0 Å². The Morgan fingerprint density at radius 2 is 2.00 bits per heavy atom. The summed E-state index contributed by atoms with van der Waals surface area (Å²) in [7, 11) is 2.10. The van der Waals surface area contributed by atoms with Gasteiger partial charge in [0.05, 0.1) is 28.7 Å². The first-order valence-corrected chi connectivity index (χ1v) is 13.1. The van der Waals surface area contributed by atoms with Crippen molar-refractivity contribution in [3.05, 3.63) is 69.2 Å². The molecule has 1 fully saturated rings. The summed E-state index contributed by atoms with van der Waals surface area (Å²) in [6.45, 7) is 4.78. The van der Waals surface area contributed by atoms with E-state index in [2.05, 4.69) is 33.9 Å². The molecule has 1 amide bonds. The molecule has 0 radical (unpaired) electrons. The third kappa shape index (κ3) is 5.42. The second-order valence-electron chi connectivity index (χ2n) is 9.25. The molecule has 3 heterocycles. The lowest BCUT2D eigenvalue weighted by molar-refractivity contribution is -0.138. The maximum absolute atomic E-state index is 13.5. The van der Waals surface area contributed by atoms with Crippen molar-refractivity contribution in [3.8, 4) is 0 Å². The number of aliphatic imine (C=N–C) groups is 1. The number of fused-ring (bicyclic) bond motifs is 1. The van der Waals surface area contributed by atoms with E-state index in [0.717, 1.165) is 48.2 Å². The molecule has 0 bridgehead atoms. The molecule has 1 atom stereocenters. The van der Waals surface area contributed by atoms with Crippen LogP contribution >= 0.6 is 23.4 Å². The molecule has 2 aromatic carbocycles. The van der Waals surface area contributed by atoms with Crippen LogP contribution in [-0.4, -0.2) is 63.4 Å². The van der Waals surface area contributed by atoms with Gasteiger partial charge in [-0.2, -0.15) is 23.3 Å². The quantitative estimate of drug-likeness (QED) is 0.389. The Balaban J connectivity index is 1.36. The zero-order chi connectivity index (χ0) is 26.3. The van der Waals surface area contributed by atoms with Gasteiger partial charge in [-0.3, -0.25) is 9.48 Å². The molecule has 11 heteroatoms. The van der Waals surface area contributed by atoms with E-state index in [1.807, 2.05) is 12.1 Å². The number of amides is 1. The van der Waals surface area contributed by atoms with Crippen LogP contribution in [0.2, 0.25) is 5.02 Å². The first-order chi connectivity index (χ1) is 17.6. The van der Waals surface area contributed by atoms with Gasteiger partial charge >= 0.3 is 6.18 Å². The van der Waals surface area contributed by atoms with Crippen LogP contribution in [0.5, 0.6) is 0 Å². The molecular weight excluding hydrogens is 523 g/mol. The monoisotopic (exact) mass is 547 g/mol. The Morgan fingerprint density at radius 3 is 2.76 bits per heavy atom. The highest BCUT2D eigenvalue weighted by atomic mass is 35.5. The molecule has 1 saturated heterocycles. The van der Waals surface area contributed by atoms with E-state index in [-0.39, 0.29) is 23.0 Å². The molecule has 0 spiro atoms. The van der Waals surface area contributed by atoms with Gasteiger partial charge in [-0.25, -0.2) is 0 Å². The number of halogens is 4. The summed E-state index contributed by atoms with van der Waals surface area (Å²) < 4.78 is 42.1. The first-order valence-electron chi connectivity index (χ1n) is 11.9. The van der Waals surface area contributed by atoms with Gasteiger partial charge in [0.2, 0.25) is 0 Å². The van der Waals surface area contributed by atoms with Crippen LogP contribution in [0.25, 0.3) is 17.0 Å². The minimum atomic E-state index is -4.52. The molecule has 3 aromatic rings. The third-order valence-electron chi connectivity index (χ3n) is 6.67. The highest BCUT2D eigenvalue weighted by molar-refractivity contribution is 8.18. The molecule has 1 aromatic heterocycles. The number of hydrogen-bond donors (Lipinski definition) is 0. The van der Waals surface area contributed by atoms with Gasteiger partial charge in [-0.05, 0) is 66.7 Å². The van der Waals surface area contributed by atoms with Crippen molar-refractivity contribution < 1.29 is 18.0 Å².